The van der Waals surface area contributed by atoms with E-state index in [2.05, 4.69) is 31.2 Å². The molecule has 1 heterocycles. The van der Waals surface area contributed by atoms with E-state index in [0.29, 0.717) is 36.1 Å². The lowest BCUT2D eigenvalue weighted by Gasteiger charge is -2.58. The van der Waals surface area contributed by atoms with Gasteiger partial charge in [-0.3, -0.25) is 9.63 Å². The van der Waals surface area contributed by atoms with E-state index in [9.17, 15) is 9.59 Å². The molecule has 0 aromatic heterocycles. The molecule has 1 saturated heterocycles. The molecular weight excluding hydrogens is 438 g/mol. The Morgan fingerprint density at radius 2 is 1.97 bits per heavy atom. The minimum atomic E-state index is -0.350. The van der Waals surface area contributed by atoms with Crippen LogP contribution < -0.4 is 5.32 Å². The van der Waals surface area contributed by atoms with Gasteiger partial charge in [-0.15, -0.1) is 0 Å². The van der Waals surface area contributed by atoms with Crippen LogP contribution in [0.1, 0.15) is 91.4 Å². The third-order valence-corrected chi connectivity index (χ3v) is 11.0. The SMILES string of the molecule is C/C(=N\OC(=O)N(C)CC[C@@H]1CCCN1)[C@H]1CC[C@H]2[C@@H]3CCC4=CC(=O)CC[C@]4(C)[C@H]3CC[C@]12C. The zero-order valence-corrected chi connectivity index (χ0v) is 22.3. The summed E-state index contributed by atoms with van der Waals surface area (Å²) in [6, 6.07) is 0.517. The second-order valence-corrected chi connectivity index (χ2v) is 12.7. The molecule has 5 aliphatic rings. The molecule has 0 spiro atoms. The number of rotatable bonds is 5. The average molecular weight is 484 g/mol. The van der Waals surface area contributed by atoms with Crippen LogP contribution in [0.2, 0.25) is 0 Å². The summed E-state index contributed by atoms with van der Waals surface area (Å²) in [4.78, 5) is 31.7. The Bertz CT molecular complexity index is 907. The highest BCUT2D eigenvalue weighted by atomic mass is 16.7. The van der Waals surface area contributed by atoms with E-state index in [1.54, 1.807) is 4.90 Å². The fourth-order valence-electron chi connectivity index (χ4n) is 8.93. The van der Waals surface area contributed by atoms with Gasteiger partial charge in [-0.2, -0.15) is 0 Å². The summed E-state index contributed by atoms with van der Waals surface area (Å²) in [5.74, 6) is 2.85. The van der Waals surface area contributed by atoms with Gasteiger partial charge in [0.15, 0.2) is 5.78 Å². The van der Waals surface area contributed by atoms with Gasteiger partial charge in [0.2, 0.25) is 0 Å². The number of carbonyl (C=O) groups excluding carboxylic acids is 2. The number of fused-ring (bicyclic) bond motifs is 5. The van der Waals surface area contributed by atoms with Crippen LogP contribution in [0, 0.1) is 34.5 Å². The van der Waals surface area contributed by atoms with Crippen molar-refractivity contribution in [2.75, 3.05) is 20.1 Å². The fraction of sp³-hybridized carbons (Fsp3) is 0.828. The van der Waals surface area contributed by atoms with Crippen LogP contribution in [0.3, 0.4) is 0 Å². The maximum absolute atomic E-state index is 12.6. The van der Waals surface area contributed by atoms with Crippen LogP contribution in [-0.2, 0) is 9.63 Å². The molecule has 4 fully saturated rings. The molecule has 194 valence electrons. The summed E-state index contributed by atoms with van der Waals surface area (Å²) in [5.41, 5.74) is 2.86. The highest BCUT2D eigenvalue weighted by molar-refractivity contribution is 5.91. The second-order valence-electron chi connectivity index (χ2n) is 12.7. The molecule has 6 heteroatoms. The molecule has 3 saturated carbocycles. The molecule has 0 aromatic carbocycles. The van der Waals surface area contributed by atoms with E-state index < -0.39 is 0 Å². The Hall–Kier alpha value is -1.69. The average Bonchev–Trinajstić information content (AvgIpc) is 3.48. The van der Waals surface area contributed by atoms with Gasteiger partial charge in [-0.1, -0.05) is 24.6 Å². The Labute approximate surface area is 211 Å². The highest BCUT2D eigenvalue weighted by Crippen LogP contribution is 2.66. The molecule has 0 aromatic rings. The largest absolute Gasteiger partial charge is 0.435 e. The van der Waals surface area contributed by atoms with Crippen molar-refractivity contribution in [1.82, 2.24) is 10.2 Å². The van der Waals surface area contributed by atoms with Crippen molar-refractivity contribution in [2.45, 2.75) is 97.4 Å². The summed E-state index contributed by atoms with van der Waals surface area (Å²) in [5, 5.41) is 7.88. The Morgan fingerprint density at radius 3 is 2.74 bits per heavy atom. The van der Waals surface area contributed by atoms with E-state index in [1.807, 2.05) is 13.1 Å². The number of carbonyl (C=O) groups is 2. The molecule has 1 amide bonds. The molecule has 6 nitrogen and oxygen atoms in total. The van der Waals surface area contributed by atoms with Gasteiger partial charge in [0, 0.05) is 32.0 Å². The van der Waals surface area contributed by atoms with Crippen LogP contribution in [0.15, 0.2) is 16.8 Å². The fourth-order valence-corrected chi connectivity index (χ4v) is 8.93. The Kier molecular flexibility index (Phi) is 6.88. The molecule has 1 N–H and O–H groups in total. The lowest BCUT2D eigenvalue weighted by molar-refractivity contribution is -0.117. The van der Waals surface area contributed by atoms with Crippen LogP contribution >= 0.6 is 0 Å². The zero-order valence-electron chi connectivity index (χ0n) is 22.3. The number of allylic oxidation sites excluding steroid dienone is 1. The topological polar surface area (TPSA) is 71.0 Å². The van der Waals surface area contributed by atoms with E-state index in [1.165, 1.54) is 44.1 Å². The van der Waals surface area contributed by atoms with Crippen molar-refractivity contribution in [3.8, 4) is 0 Å². The lowest BCUT2D eigenvalue weighted by Crippen LogP contribution is -2.51. The first kappa shape index (κ1) is 25.0. The molecule has 0 bridgehead atoms. The first-order valence-corrected chi connectivity index (χ1v) is 14.2. The van der Waals surface area contributed by atoms with Crippen LogP contribution in [0.25, 0.3) is 0 Å². The molecule has 7 atom stereocenters. The minimum Gasteiger partial charge on any atom is -0.314 e. The minimum absolute atomic E-state index is 0.216. The van der Waals surface area contributed by atoms with Crippen molar-refractivity contribution < 1.29 is 14.4 Å². The molecule has 4 aliphatic carbocycles. The normalized spacial score (nSPS) is 41.0. The Balaban J connectivity index is 1.22. The summed E-state index contributed by atoms with van der Waals surface area (Å²) in [6.07, 6.45) is 13.9. The summed E-state index contributed by atoms with van der Waals surface area (Å²) >= 11 is 0. The first-order chi connectivity index (χ1) is 16.7. The van der Waals surface area contributed by atoms with E-state index in [4.69, 9.17) is 4.84 Å². The number of oxime groups is 1. The van der Waals surface area contributed by atoms with Crippen molar-refractivity contribution in [3.63, 3.8) is 0 Å². The maximum Gasteiger partial charge on any atom is 0.435 e. The van der Waals surface area contributed by atoms with Gasteiger partial charge in [-0.25, -0.2) is 4.79 Å². The van der Waals surface area contributed by atoms with Gasteiger partial charge >= 0.3 is 6.09 Å². The molecule has 35 heavy (non-hydrogen) atoms. The number of nitrogens with one attached hydrogen (secondary N) is 1. The van der Waals surface area contributed by atoms with E-state index in [0.717, 1.165) is 50.3 Å². The monoisotopic (exact) mass is 483 g/mol. The summed E-state index contributed by atoms with van der Waals surface area (Å²) in [7, 11) is 1.81. The number of hydrogen-bond acceptors (Lipinski definition) is 5. The predicted molar refractivity (Wildman–Crippen MR) is 138 cm³/mol. The van der Waals surface area contributed by atoms with Gasteiger partial charge in [0.05, 0.1) is 5.71 Å². The van der Waals surface area contributed by atoms with Crippen molar-refractivity contribution >= 4 is 17.6 Å². The predicted octanol–water partition coefficient (Wildman–Crippen LogP) is 5.72. The molecule has 5 rings (SSSR count). The molecule has 0 unspecified atom stereocenters. The quantitative estimate of drug-likeness (QED) is 0.308. The van der Waals surface area contributed by atoms with Crippen molar-refractivity contribution in [3.05, 3.63) is 11.6 Å². The highest BCUT2D eigenvalue weighted by Gasteiger charge is 2.59. The second kappa shape index (κ2) is 9.64. The molecular formula is C29H45N3O3. The lowest BCUT2D eigenvalue weighted by atomic mass is 9.46. The van der Waals surface area contributed by atoms with Crippen LogP contribution in [-0.4, -0.2) is 48.7 Å². The van der Waals surface area contributed by atoms with Gasteiger partial charge in [0.25, 0.3) is 0 Å². The van der Waals surface area contributed by atoms with Crippen LogP contribution in [0.4, 0.5) is 4.79 Å². The smallest absolute Gasteiger partial charge is 0.314 e. The standard InChI is InChI=1S/C29H45N3O3/c1-19(31-35-27(34)32(4)17-13-21-6-5-16-30-21)24-9-10-25-23-8-7-20-18-22(33)11-14-28(20,2)26(23)12-15-29(24,25)3/h18,21,23-26,30H,5-17H2,1-4H3/b31-19+/t21-,23-,24+,25-,26-,28-,29+/m0/s1. The summed E-state index contributed by atoms with van der Waals surface area (Å²) < 4.78 is 0. The van der Waals surface area contributed by atoms with Crippen molar-refractivity contribution in [1.29, 1.82) is 0 Å². The number of ketones is 1. The molecule has 0 radical (unpaired) electrons. The number of nitrogens with zero attached hydrogens (tertiary/aromatic N) is 2. The number of hydrogen-bond donors (Lipinski definition) is 1. The van der Waals surface area contributed by atoms with Crippen molar-refractivity contribution in [2.24, 2.45) is 39.7 Å². The maximum atomic E-state index is 12.6. The first-order valence-electron chi connectivity index (χ1n) is 14.2. The zero-order chi connectivity index (χ0) is 24.8. The number of amides is 1. The summed E-state index contributed by atoms with van der Waals surface area (Å²) in [6.45, 7) is 8.77. The van der Waals surface area contributed by atoms with Gasteiger partial charge < -0.3 is 10.2 Å². The third kappa shape index (κ3) is 4.49. The Morgan fingerprint density at radius 1 is 1.14 bits per heavy atom. The third-order valence-electron chi connectivity index (χ3n) is 11.0. The van der Waals surface area contributed by atoms with E-state index >= 15 is 0 Å². The van der Waals surface area contributed by atoms with E-state index in [-0.39, 0.29) is 16.9 Å². The molecule has 1 aliphatic heterocycles. The van der Waals surface area contributed by atoms with Gasteiger partial charge in [0.1, 0.15) is 0 Å². The van der Waals surface area contributed by atoms with Crippen LogP contribution in [0.5, 0.6) is 0 Å². The van der Waals surface area contributed by atoms with Gasteiger partial charge in [-0.05, 0) is 112 Å².